The molecule has 2 atom stereocenters. The van der Waals surface area contributed by atoms with Crippen LogP contribution in [0.5, 0.6) is 11.5 Å². The van der Waals surface area contributed by atoms with Crippen LogP contribution in [0, 0.1) is 11.7 Å². The molecule has 0 saturated carbocycles. The van der Waals surface area contributed by atoms with Gasteiger partial charge in [-0.25, -0.2) is 4.39 Å². The third-order valence-electron chi connectivity index (χ3n) is 8.12. The number of nitrogens with one attached hydrogen (secondary N) is 1. The van der Waals surface area contributed by atoms with E-state index in [9.17, 15) is 14.0 Å². The van der Waals surface area contributed by atoms with Gasteiger partial charge in [-0.2, -0.15) is 0 Å². The van der Waals surface area contributed by atoms with E-state index in [4.69, 9.17) is 4.74 Å². The molecule has 1 saturated heterocycles. The summed E-state index contributed by atoms with van der Waals surface area (Å²) in [6, 6.07) is 30.9. The highest BCUT2D eigenvalue weighted by Gasteiger charge is 2.40. The number of carbonyl (C=O) groups is 2. The number of halogens is 1. The maximum atomic E-state index is 13.7. The van der Waals surface area contributed by atoms with Gasteiger partial charge in [0, 0.05) is 25.3 Å². The number of nitrogens with zero attached hydrogens (tertiary/aromatic N) is 2. The van der Waals surface area contributed by atoms with Gasteiger partial charge in [0.15, 0.2) is 0 Å². The molecule has 2 aliphatic heterocycles. The first-order valence-corrected chi connectivity index (χ1v) is 14.5. The molecule has 214 valence electrons. The Balaban J connectivity index is 1.13. The maximum Gasteiger partial charge on any atom is 0.247 e. The molecular weight excluding hydrogens is 529 g/mol. The van der Waals surface area contributed by atoms with Crippen molar-refractivity contribution in [2.75, 3.05) is 25.0 Å². The van der Waals surface area contributed by atoms with Crippen molar-refractivity contribution in [3.63, 3.8) is 0 Å². The van der Waals surface area contributed by atoms with Crippen LogP contribution in [-0.2, 0) is 29.0 Å². The lowest BCUT2D eigenvalue weighted by Gasteiger charge is -2.31. The zero-order chi connectivity index (χ0) is 28.9. The second-order valence-corrected chi connectivity index (χ2v) is 11.2. The number of hydrogen-bond acceptors (Lipinski definition) is 4. The first-order chi connectivity index (χ1) is 20.5. The Bertz CT molecular complexity index is 1530. The monoisotopic (exact) mass is 563 g/mol. The molecule has 2 unspecified atom stereocenters. The van der Waals surface area contributed by atoms with Gasteiger partial charge in [-0.15, -0.1) is 0 Å². The Labute approximate surface area is 245 Å². The molecular formula is C35H34FN3O3. The van der Waals surface area contributed by atoms with Gasteiger partial charge in [-0.1, -0.05) is 54.6 Å². The molecule has 42 heavy (non-hydrogen) atoms. The summed E-state index contributed by atoms with van der Waals surface area (Å²) in [7, 11) is 0. The van der Waals surface area contributed by atoms with Crippen LogP contribution in [0.3, 0.4) is 0 Å². The molecule has 4 aromatic carbocycles. The summed E-state index contributed by atoms with van der Waals surface area (Å²) in [5, 5.41) is 3.02. The van der Waals surface area contributed by atoms with Crippen LogP contribution in [0.2, 0.25) is 0 Å². The van der Waals surface area contributed by atoms with Gasteiger partial charge in [0.1, 0.15) is 23.4 Å². The van der Waals surface area contributed by atoms with E-state index in [2.05, 4.69) is 40.5 Å². The zero-order valence-corrected chi connectivity index (χ0v) is 23.4. The van der Waals surface area contributed by atoms with E-state index in [1.165, 1.54) is 28.8 Å². The number of rotatable bonds is 8. The first-order valence-electron chi connectivity index (χ1n) is 14.5. The predicted octanol–water partition coefficient (Wildman–Crippen LogP) is 6.07. The van der Waals surface area contributed by atoms with Crippen LogP contribution in [-0.4, -0.2) is 47.3 Å². The zero-order valence-electron chi connectivity index (χ0n) is 23.4. The van der Waals surface area contributed by atoms with E-state index < -0.39 is 6.04 Å². The average molecular weight is 564 g/mol. The highest BCUT2D eigenvalue weighted by atomic mass is 19.1. The first kappa shape index (κ1) is 27.7. The third-order valence-corrected chi connectivity index (χ3v) is 8.12. The fourth-order valence-electron chi connectivity index (χ4n) is 5.98. The second-order valence-electron chi connectivity index (χ2n) is 11.2. The van der Waals surface area contributed by atoms with Crippen molar-refractivity contribution in [1.82, 2.24) is 9.80 Å². The summed E-state index contributed by atoms with van der Waals surface area (Å²) in [6.07, 6.45) is 2.35. The van der Waals surface area contributed by atoms with Crippen LogP contribution < -0.4 is 10.1 Å². The van der Waals surface area contributed by atoms with Crippen LogP contribution in [0.15, 0.2) is 103 Å². The minimum atomic E-state index is -0.543. The summed E-state index contributed by atoms with van der Waals surface area (Å²) < 4.78 is 19.0. The number of anilines is 1. The Morgan fingerprint density at radius 3 is 2.24 bits per heavy atom. The molecule has 7 heteroatoms. The Morgan fingerprint density at radius 2 is 1.50 bits per heavy atom. The van der Waals surface area contributed by atoms with E-state index in [0.717, 1.165) is 25.9 Å². The summed E-state index contributed by atoms with van der Waals surface area (Å²) in [5.41, 5.74) is 4.44. The molecule has 0 bridgehead atoms. The van der Waals surface area contributed by atoms with Crippen molar-refractivity contribution in [3.05, 3.63) is 126 Å². The molecule has 0 spiro atoms. The smallest absolute Gasteiger partial charge is 0.247 e. The van der Waals surface area contributed by atoms with E-state index in [1.54, 1.807) is 41.3 Å². The van der Waals surface area contributed by atoms with Gasteiger partial charge < -0.3 is 15.0 Å². The van der Waals surface area contributed by atoms with Crippen LogP contribution in [0.25, 0.3) is 0 Å². The summed E-state index contributed by atoms with van der Waals surface area (Å²) in [6.45, 7) is 2.42. The molecule has 0 radical (unpaired) electrons. The number of fused-ring (bicyclic) bond motifs is 1. The number of hydrogen-bond donors (Lipinski definition) is 1. The van der Waals surface area contributed by atoms with Gasteiger partial charge >= 0.3 is 0 Å². The van der Waals surface area contributed by atoms with E-state index in [1.807, 2.05) is 24.3 Å². The molecule has 2 amide bonds. The fraction of sp³-hybridized carbons (Fsp3) is 0.257. The topological polar surface area (TPSA) is 61.9 Å². The predicted molar refractivity (Wildman–Crippen MR) is 161 cm³/mol. The van der Waals surface area contributed by atoms with Crippen LogP contribution in [0.4, 0.5) is 10.1 Å². The maximum absolute atomic E-state index is 13.7. The minimum absolute atomic E-state index is 0.00635. The van der Waals surface area contributed by atoms with Crippen molar-refractivity contribution in [1.29, 1.82) is 0 Å². The SMILES string of the molecule is O=C(Nc1ccc(Oc2ccc(F)cc2)cc1)C1CC(Cc2ccccc2)CN1C(=O)CN1CCc2ccccc2C1. The average Bonchev–Trinajstić information content (AvgIpc) is 3.44. The number of carbonyl (C=O) groups excluding carboxylic acids is 2. The molecule has 1 N–H and O–H groups in total. The molecule has 4 aromatic rings. The van der Waals surface area contributed by atoms with Crippen molar-refractivity contribution in [3.8, 4) is 11.5 Å². The van der Waals surface area contributed by atoms with Crippen molar-refractivity contribution >= 4 is 17.5 Å². The Hall–Kier alpha value is -4.49. The van der Waals surface area contributed by atoms with Crippen molar-refractivity contribution in [2.24, 2.45) is 5.92 Å². The van der Waals surface area contributed by atoms with Crippen molar-refractivity contribution < 1.29 is 18.7 Å². The lowest BCUT2D eigenvalue weighted by molar-refractivity contribution is -0.137. The number of amides is 2. The number of likely N-dealkylation sites (tertiary alicyclic amines) is 1. The molecule has 6 rings (SSSR count). The second kappa shape index (κ2) is 12.6. The lowest BCUT2D eigenvalue weighted by atomic mass is 9.96. The van der Waals surface area contributed by atoms with Crippen LogP contribution in [0.1, 0.15) is 23.1 Å². The largest absolute Gasteiger partial charge is 0.457 e. The van der Waals surface area contributed by atoms with E-state index in [-0.39, 0.29) is 23.5 Å². The third kappa shape index (κ3) is 6.69. The quantitative estimate of drug-likeness (QED) is 0.283. The fourth-order valence-corrected chi connectivity index (χ4v) is 5.98. The van der Waals surface area contributed by atoms with E-state index in [0.29, 0.717) is 36.7 Å². The summed E-state index contributed by atoms with van der Waals surface area (Å²) in [4.78, 5) is 31.3. The molecule has 6 nitrogen and oxygen atoms in total. The van der Waals surface area contributed by atoms with Gasteiger partial charge in [0.25, 0.3) is 0 Å². The molecule has 2 aliphatic rings. The van der Waals surface area contributed by atoms with Gasteiger partial charge in [0.05, 0.1) is 6.54 Å². The van der Waals surface area contributed by atoms with Gasteiger partial charge in [-0.3, -0.25) is 14.5 Å². The summed E-state index contributed by atoms with van der Waals surface area (Å²) in [5.74, 6) is 0.772. The number of benzene rings is 4. The normalized spacial score (nSPS) is 18.4. The van der Waals surface area contributed by atoms with Gasteiger partial charge in [-0.05, 0) is 90.4 Å². The van der Waals surface area contributed by atoms with E-state index >= 15 is 0 Å². The van der Waals surface area contributed by atoms with Gasteiger partial charge in [0.2, 0.25) is 11.8 Å². The lowest BCUT2D eigenvalue weighted by Crippen LogP contribution is -2.48. The Morgan fingerprint density at radius 1 is 0.833 bits per heavy atom. The molecule has 1 fully saturated rings. The Kier molecular flexibility index (Phi) is 8.28. The summed E-state index contributed by atoms with van der Waals surface area (Å²) >= 11 is 0. The van der Waals surface area contributed by atoms with Crippen LogP contribution >= 0.6 is 0 Å². The minimum Gasteiger partial charge on any atom is -0.457 e. The number of ether oxygens (including phenoxy) is 1. The highest BCUT2D eigenvalue weighted by Crippen LogP contribution is 2.29. The highest BCUT2D eigenvalue weighted by molar-refractivity contribution is 5.97. The molecule has 2 heterocycles. The molecule has 0 aliphatic carbocycles. The molecule has 0 aromatic heterocycles. The van der Waals surface area contributed by atoms with Crippen molar-refractivity contribution in [2.45, 2.75) is 31.8 Å². The standard InChI is InChI=1S/C35H34FN3O3/c36-29-10-14-31(15-11-29)42-32-16-12-30(13-17-32)37-35(41)33-21-26(20-25-6-2-1-3-7-25)22-39(33)34(40)24-38-19-18-27-8-4-5-9-28(27)23-38/h1-17,26,33H,18-24H2,(H,37,41).